The molecule has 0 spiro atoms. The van der Waals surface area contributed by atoms with E-state index in [2.05, 4.69) is 0 Å². The number of hydrogen-bond acceptors (Lipinski definition) is 3. The summed E-state index contributed by atoms with van der Waals surface area (Å²) in [6.07, 6.45) is 0.163. The Morgan fingerprint density at radius 3 is 2.61 bits per heavy atom. The van der Waals surface area contributed by atoms with Crippen molar-refractivity contribution >= 4 is 11.8 Å². The minimum absolute atomic E-state index is 0.0371. The molecule has 0 saturated carbocycles. The molecule has 0 aromatic heterocycles. The van der Waals surface area contributed by atoms with Gasteiger partial charge in [-0.15, -0.1) is 0 Å². The number of halogens is 1. The summed E-state index contributed by atoms with van der Waals surface area (Å²) in [7, 11) is 1.60. The van der Waals surface area contributed by atoms with Gasteiger partial charge in [-0.2, -0.15) is 0 Å². The number of piperazine rings is 1. The van der Waals surface area contributed by atoms with E-state index in [1.165, 1.54) is 12.1 Å². The average molecular weight is 384 g/mol. The van der Waals surface area contributed by atoms with Crippen LogP contribution in [0.5, 0.6) is 5.75 Å². The van der Waals surface area contributed by atoms with Gasteiger partial charge < -0.3 is 14.5 Å². The number of carbonyl (C=O) groups excluding carboxylic acids is 2. The zero-order valence-electron chi connectivity index (χ0n) is 16.4. The molecule has 0 bridgehead atoms. The second-order valence-electron chi connectivity index (χ2n) is 7.17. The number of rotatable bonds is 4. The van der Waals surface area contributed by atoms with Gasteiger partial charge in [-0.25, -0.2) is 4.39 Å². The molecule has 1 aliphatic heterocycles. The molecule has 1 saturated heterocycles. The molecule has 3 rings (SSSR count). The molecular formula is C22H25FN2O3. The highest BCUT2D eigenvalue weighted by atomic mass is 19.1. The van der Waals surface area contributed by atoms with Crippen LogP contribution >= 0.6 is 0 Å². The molecule has 1 atom stereocenters. The number of aryl methyl sites for hydroxylation is 1. The maximum atomic E-state index is 13.3. The molecule has 0 radical (unpaired) electrons. The smallest absolute Gasteiger partial charge is 0.254 e. The summed E-state index contributed by atoms with van der Waals surface area (Å²) in [5, 5.41) is 0. The summed E-state index contributed by atoms with van der Waals surface area (Å²) in [5.41, 5.74) is 2.17. The van der Waals surface area contributed by atoms with Crippen LogP contribution in [-0.2, 0) is 11.2 Å². The molecule has 2 amide bonds. The largest absolute Gasteiger partial charge is 0.497 e. The zero-order chi connectivity index (χ0) is 20.3. The first-order valence-electron chi connectivity index (χ1n) is 9.37. The molecule has 0 N–H and O–H groups in total. The van der Waals surface area contributed by atoms with E-state index in [0.29, 0.717) is 30.8 Å². The second kappa shape index (κ2) is 8.42. The van der Waals surface area contributed by atoms with Crippen LogP contribution in [-0.4, -0.2) is 54.4 Å². The predicted molar refractivity (Wildman–Crippen MR) is 105 cm³/mol. The van der Waals surface area contributed by atoms with Crippen molar-refractivity contribution in [2.24, 2.45) is 0 Å². The van der Waals surface area contributed by atoms with E-state index in [1.54, 1.807) is 41.2 Å². The maximum Gasteiger partial charge on any atom is 0.254 e. The molecule has 1 heterocycles. The summed E-state index contributed by atoms with van der Waals surface area (Å²) < 4.78 is 18.5. The number of nitrogens with zero attached hydrogens (tertiary/aromatic N) is 2. The van der Waals surface area contributed by atoms with Crippen LogP contribution in [0.15, 0.2) is 42.5 Å². The first kappa shape index (κ1) is 19.9. The van der Waals surface area contributed by atoms with Crippen molar-refractivity contribution in [3.63, 3.8) is 0 Å². The first-order valence-corrected chi connectivity index (χ1v) is 9.37. The van der Waals surface area contributed by atoms with Crippen LogP contribution in [0.2, 0.25) is 0 Å². The summed E-state index contributed by atoms with van der Waals surface area (Å²) in [6, 6.07) is 11.4. The number of carbonyl (C=O) groups is 2. The van der Waals surface area contributed by atoms with Crippen LogP contribution in [0.25, 0.3) is 0 Å². The normalized spacial score (nSPS) is 16.8. The molecule has 2 aromatic carbocycles. The summed E-state index contributed by atoms with van der Waals surface area (Å²) in [5.74, 6) is 0.286. The highest BCUT2D eigenvalue weighted by Crippen LogP contribution is 2.21. The summed E-state index contributed by atoms with van der Waals surface area (Å²) in [4.78, 5) is 29.1. The van der Waals surface area contributed by atoms with Gasteiger partial charge in [0.15, 0.2) is 0 Å². The Labute approximate surface area is 164 Å². The average Bonchev–Trinajstić information content (AvgIpc) is 2.67. The van der Waals surface area contributed by atoms with Crippen molar-refractivity contribution in [1.82, 2.24) is 9.80 Å². The Kier molecular flexibility index (Phi) is 5.97. The highest BCUT2D eigenvalue weighted by Gasteiger charge is 2.30. The quantitative estimate of drug-likeness (QED) is 0.814. The number of methoxy groups -OCH3 is 1. The lowest BCUT2D eigenvalue weighted by Gasteiger charge is -2.40. The van der Waals surface area contributed by atoms with Crippen LogP contribution in [0, 0.1) is 12.7 Å². The van der Waals surface area contributed by atoms with E-state index in [-0.39, 0.29) is 30.1 Å². The molecule has 148 valence electrons. The van der Waals surface area contributed by atoms with Crippen LogP contribution in [0.1, 0.15) is 28.4 Å². The van der Waals surface area contributed by atoms with Gasteiger partial charge in [-0.1, -0.05) is 12.1 Å². The van der Waals surface area contributed by atoms with Crippen molar-refractivity contribution in [2.45, 2.75) is 26.3 Å². The van der Waals surface area contributed by atoms with E-state index in [1.807, 2.05) is 19.9 Å². The number of hydrogen-bond donors (Lipinski definition) is 0. The molecule has 6 heteroatoms. The number of benzene rings is 2. The van der Waals surface area contributed by atoms with Gasteiger partial charge in [0.2, 0.25) is 5.91 Å². The van der Waals surface area contributed by atoms with Crippen LogP contribution < -0.4 is 4.74 Å². The Morgan fingerprint density at radius 2 is 1.96 bits per heavy atom. The van der Waals surface area contributed by atoms with Gasteiger partial charge in [-0.3, -0.25) is 9.59 Å². The predicted octanol–water partition coefficient (Wildman–Crippen LogP) is 3.06. The lowest BCUT2D eigenvalue weighted by Crippen LogP contribution is -2.55. The molecule has 28 heavy (non-hydrogen) atoms. The lowest BCUT2D eigenvalue weighted by molar-refractivity contribution is -0.132. The second-order valence-corrected chi connectivity index (χ2v) is 7.17. The summed E-state index contributed by atoms with van der Waals surface area (Å²) >= 11 is 0. The topological polar surface area (TPSA) is 49.9 Å². The minimum Gasteiger partial charge on any atom is -0.497 e. The monoisotopic (exact) mass is 384 g/mol. The maximum absolute atomic E-state index is 13.3. The Balaban J connectivity index is 1.64. The van der Waals surface area contributed by atoms with Crippen molar-refractivity contribution in [2.75, 3.05) is 26.7 Å². The summed E-state index contributed by atoms with van der Waals surface area (Å²) in [6.45, 7) is 5.24. The molecule has 1 aliphatic rings. The van der Waals surface area contributed by atoms with Crippen molar-refractivity contribution < 1.29 is 18.7 Å². The van der Waals surface area contributed by atoms with Crippen LogP contribution in [0.3, 0.4) is 0 Å². The van der Waals surface area contributed by atoms with Crippen LogP contribution in [0.4, 0.5) is 4.39 Å². The Morgan fingerprint density at radius 1 is 1.18 bits per heavy atom. The zero-order valence-corrected chi connectivity index (χ0v) is 16.4. The third-order valence-corrected chi connectivity index (χ3v) is 5.15. The molecule has 2 aromatic rings. The highest BCUT2D eigenvalue weighted by molar-refractivity contribution is 5.96. The number of amides is 2. The molecule has 0 unspecified atom stereocenters. The molecule has 0 aliphatic carbocycles. The molecular weight excluding hydrogens is 359 g/mol. The van der Waals surface area contributed by atoms with Gasteiger partial charge >= 0.3 is 0 Å². The molecule has 5 nitrogen and oxygen atoms in total. The van der Waals surface area contributed by atoms with E-state index in [9.17, 15) is 14.0 Å². The Bertz CT molecular complexity index is 884. The fourth-order valence-electron chi connectivity index (χ4n) is 3.58. The van der Waals surface area contributed by atoms with Gasteiger partial charge in [0.05, 0.1) is 13.5 Å². The lowest BCUT2D eigenvalue weighted by atomic mass is 10.0. The van der Waals surface area contributed by atoms with Gasteiger partial charge in [0.1, 0.15) is 11.6 Å². The fraction of sp³-hybridized carbons (Fsp3) is 0.364. The van der Waals surface area contributed by atoms with E-state index in [0.717, 1.165) is 11.3 Å². The molecule has 1 fully saturated rings. The number of ether oxygens (including phenoxy) is 1. The SMILES string of the molecule is COc1ccc(C(=O)N2CCN(C(=O)Cc3cccc(F)c3)C[C@H]2C)c(C)c1. The fourth-order valence-corrected chi connectivity index (χ4v) is 3.58. The van der Waals surface area contributed by atoms with Gasteiger partial charge in [0, 0.05) is 31.2 Å². The first-order chi connectivity index (χ1) is 13.4. The third kappa shape index (κ3) is 4.32. The van der Waals surface area contributed by atoms with Gasteiger partial charge in [0.25, 0.3) is 5.91 Å². The minimum atomic E-state index is -0.344. The van der Waals surface area contributed by atoms with Crippen molar-refractivity contribution in [3.8, 4) is 5.75 Å². The van der Waals surface area contributed by atoms with E-state index >= 15 is 0 Å². The van der Waals surface area contributed by atoms with E-state index in [4.69, 9.17) is 4.74 Å². The van der Waals surface area contributed by atoms with Crippen molar-refractivity contribution in [1.29, 1.82) is 0 Å². The standard InChI is InChI=1S/C22H25FN2O3/c1-15-11-19(28-3)7-8-20(15)22(27)25-10-9-24(14-16(25)2)21(26)13-17-5-4-6-18(23)12-17/h4-8,11-12,16H,9-10,13-14H2,1-3H3/t16-/m1/s1. The third-order valence-electron chi connectivity index (χ3n) is 5.15. The Hall–Kier alpha value is -2.89. The van der Waals surface area contributed by atoms with E-state index < -0.39 is 0 Å². The van der Waals surface area contributed by atoms with Crippen molar-refractivity contribution in [3.05, 3.63) is 65.0 Å². The van der Waals surface area contributed by atoms with Gasteiger partial charge in [-0.05, 0) is 55.3 Å².